The van der Waals surface area contributed by atoms with Gasteiger partial charge in [0.05, 0.1) is 29.6 Å². The van der Waals surface area contributed by atoms with E-state index < -0.39 is 0 Å². The van der Waals surface area contributed by atoms with E-state index in [1.807, 2.05) is 67.1 Å². The van der Waals surface area contributed by atoms with Gasteiger partial charge in [-0.1, -0.05) is 36.8 Å². The van der Waals surface area contributed by atoms with Crippen LogP contribution in [0.15, 0.2) is 54.7 Å². The van der Waals surface area contributed by atoms with E-state index in [0.29, 0.717) is 24.1 Å². The molecule has 0 aliphatic carbocycles. The molecule has 2 aromatic carbocycles. The number of hydrogen-bond donors (Lipinski definition) is 1. The summed E-state index contributed by atoms with van der Waals surface area (Å²) in [7, 11) is 3.47. The molecule has 3 rings (SSSR count). The zero-order valence-corrected chi connectivity index (χ0v) is 17.3. The number of anilines is 1. The van der Waals surface area contributed by atoms with E-state index in [0.717, 1.165) is 16.9 Å². The molecule has 0 bridgehead atoms. The van der Waals surface area contributed by atoms with Crippen molar-refractivity contribution in [2.75, 3.05) is 19.4 Å². The second-order valence-electron chi connectivity index (χ2n) is 7.22. The Balaban J connectivity index is 1.75. The zero-order chi connectivity index (χ0) is 21.0. The third-order valence-corrected chi connectivity index (χ3v) is 4.79. The van der Waals surface area contributed by atoms with Crippen molar-refractivity contribution >= 4 is 17.5 Å². The van der Waals surface area contributed by atoms with Crippen LogP contribution in [0.1, 0.15) is 34.1 Å². The first-order valence-corrected chi connectivity index (χ1v) is 9.63. The van der Waals surface area contributed by atoms with Gasteiger partial charge in [-0.2, -0.15) is 5.10 Å². The molecule has 29 heavy (non-hydrogen) atoms. The monoisotopic (exact) mass is 390 g/mol. The van der Waals surface area contributed by atoms with Gasteiger partial charge in [0.25, 0.3) is 5.91 Å². The Hall–Kier alpha value is -3.41. The number of nitrogens with zero attached hydrogens (tertiary/aromatic N) is 3. The highest BCUT2D eigenvalue weighted by Crippen LogP contribution is 2.18. The Bertz CT molecular complexity index is 1000. The minimum Gasteiger partial charge on any atom is -0.349 e. The second-order valence-corrected chi connectivity index (χ2v) is 7.22. The predicted octanol–water partition coefficient (Wildman–Crippen LogP) is 3.63. The number of aromatic nitrogens is 2. The lowest BCUT2D eigenvalue weighted by atomic mass is 10.1. The molecule has 3 aromatic rings. The fourth-order valence-corrected chi connectivity index (χ4v) is 3.05. The maximum atomic E-state index is 12.8. The van der Waals surface area contributed by atoms with Gasteiger partial charge in [-0.05, 0) is 43.2 Å². The molecule has 0 spiro atoms. The number of likely N-dealkylation sites (N-methyl/N-ethyl adjacent to an activating group) is 1. The summed E-state index contributed by atoms with van der Waals surface area (Å²) in [6.07, 6.45) is 2.63. The van der Waals surface area contributed by atoms with Gasteiger partial charge in [0.2, 0.25) is 5.91 Å². The molecule has 0 fully saturated rings. The van der Waals surface area contributed by atoms with Crippen LogP contribution in [-0.2, 0) is 17.6 Å². The number of hydrogen-bond acceptors (Lipinski definition) is 3. The molecule has 150 valence electrons. The molecule has 1 N–H and O–H groups in total. The van der Waals surface area contributed by atoms with Crippen molar-refractivity contribution in [3.8, 4) is 5.69 Å². The topological polar surface area (TPSA) is 67.2 Å². The summed E-state index contributed by atoms with van der Waals surface area (Å²) < 4.78 is 1.81. The van der Waals surface area contributed by atoms with E-state index in [1.54, 1.807) is 25.2 Å². The summed E-state index contributed by atoms with van der Waals surface area (Å²) in [5, 5.41) is 7.35. The van der Waals surface area contributed by atoms with E-state index in [9.17, 15) is 9.59 Å². The number of amides is 2. The fourth-order valence-electron chi connectivity index (χ4n) is 3.05. The van der Waals surface area contributed by atoms with E-state index in [1.165, 1.54) is 5.56 Å². The molecule has 0 unspecified atom stereocenters. The number of nitrogens with one attached hydrogen (secondary N) is 1. The fraction of sp³-hybridized carbons (Fsp3) is 0.261. The summed E-state index contributed by atoms with van der Waals surface area (Å²) in [4.78, 5) is 26.2. The minimum atomic E-state index is -0.197. The lowest BCUT2D eigenvalue weighted by molar-refractivity contribution is -0.127. The Kier molecular flexibility index (Phi) is 6.12. The van der Waals surface area contributed by atoms with Gasteiger partial charge < -0.3 is 10.2 Å². The Labute approximate surface area is 171 Å². The first kappa shape index (κ1) is 20.3. The lowest BCUT2D eigenvalue weighted by Crippen LogP contribution is -2.23. The summed E-state index contributed by atoms with van der Waals surface area (Å²) >= 11 is 0. The first-order chi connectivity index (χ1) is 13.9. The van der Waals surface area contributed by atoms with Crippen molar-refractivity contribution in [2.24, 2.45) is 0 Å². The van der Waals surface area contributed by atoms with Gasteiger partial charge in [-0.15, -0.1) is 0 Å². The third-order valence-electron chi connectivity index (χ3n) is 4.79. The van der Waals surface area contributed by atoms with Gasteiger partial charge in [-0.3, -0.25) is 9.59 Å². The molecule has 0 saturated heterocycles. The molecule has 0 saturated carbocycles. The average Bonchev–Trinajstić information content (AvgIpc) is 3.14. The van der Waals surface area contributed by atoms with E-state index in [-0.39, 0.29) is 11.8 Å². The standard InChI is InChI=1S/C23H26N4O2/c1-5-21-20(15-24-27(21)19-12-6-16(2)7-13-19)23(29)25-18-10-8-17(9-11-18)14-22(28)26(3)4/h6-13,15H,5,14H2,1-4H3,(H,25,29). The van der Waals surface area contributed by atoms with Crippen LogP contribution in [0.3, 0.4) is 0 Å². The van der Waals surface area contributed by atoms with Crippen molar-refractivity contribution in [3.05, 3.63) is 77.1 Å². The van der Waals surface area contributed by atoms with E-state index in [4.69, 9.17) is 0 Å². The predicted molar refractivity (Wildman–Crippen MR) is 114 cm³/mol. The van der Waals surface area contributed by atoms with Crippen LogP contribution < -0.4 is 5.32 Å². The van der Waals surface area contributed by atoms with Crippen LogP contribution in [0.5, 0.6) is 0 Å². The molecule has 1 aromatic heterocycles. The van der Waals surface area contributed by atoms with Gasteiger partial charge in [0.1, 0.15) is 0 Å². The van der Waals surface area contributed by atoms with Crippen molar-refractivity contribution in [2.45, 2.75) is 26.7 Å². The normalized spacial score (nSPS) is 10.6. The molecule has 0 aliphatic rings. The molecular weight excluding hydrogens is 364 g/mol. The van der Waals surface area contributed by atoms with Gasteiger partial charge in [0, 0.05) is 19.8 Å². The van der Waals surface area contributed by atoms with E-state index >= 15 is 0 Å². The van der Waals surface area contributed by atoms with Crippen molar-refractivity contribution in [1.29, 1.82) is 0 Å². The molecule has 0 aliphatic heterocycles. The quantitative estimate of drug-likeness (QED) is 0.699. The minimum absolute atomic E-state index is 0.0397. The molecule has 0 radical (unpaired) electrons. The number of benzene rings is 2. The van der Waals surface area contributed by atoms with Crippen molar-refractivity contribution in [3.63, 3.8) is 0 Å². The summed E-state index contributed by atoms with van der Waals surface area (Å²) in [6, 6.07) is 15.4. The van der Waals surface area contributed by atoms with Gasteiger partial charge in [0.15, 0.2) is 0 Å². The summed E-state index contributed by atoms with van der Waals surface area (Å²) in [5.74, 6) is -0.157. The molecule has 1 heterocycles. The summed E-state index contributed by atoms with van der Waals surface area (Å²) in [5.41, 5.74) is 5.11. The van der Waals surface area contributed by atoms with Crippen LogP contribution >= 0.6 is 0 Å². The highest BCUT2D eigenvalue weighted by Gasteiger charge is 2.17. The molecule has 6 nitrogen and oxygen atoms in total. The molecule has 0 atom stereocenters. The maximum absolute atomic E-state index is 12.8. The van der Waals surface area contributed by atoms with Crippen LogP contribution in [0, 0.1) is 6.92 Å². The van der Waals surface area contributed by atoms with Crippen molar-refractivity contribution in [1.82, 2.24) is 14.7 Å². The van der Waals surface area contributed by atoms with Crippen molar-refractivity contribution < 1.29 is 9.59 Å². The highest BCUT2D eigenvalue weighted by atomic mass is 16.2. The zero-order valence-electron chi connectivity index (χ0n) is 17.3. The number of carbonyl (C=O) groups is 2. The molecule has 6 heteroatoms. The number of aryl methyl sites for hydroxylation is 1. The Morgan fingerprint density at radius 3 is 2.28 bits per heavy atom. The van der Waals surface area contributed by atoms with Crippen LogP contribution in [0.4, 0.5) is 5.69 Å². The number of carbonyl (C=O) groups excluding carboxylic acids is 2. The van der Waals surface area contributed by atoms with Gasteiger partial charge >= 0.3 is 0 Å². The Morgan fingerprint density at radius 2 is 1.69 bits per heavy atom. The smallest absolute Gasteiger partial charge is 0.259 e. The van der Waals surface area contributed by atoms with E-state index in [2.05, 4.69) is 10.4 Å². The first-order valence-electron chi connectivity index (χ1n) is 9.63. The molecular formula is C23H26N4O2. The largest absolute Gasteiger partial charge is 0.349 e. The SMILES string of the molecule is CCc1c(C(=O)Nc2ccc(CC(=O)N(C)C)cc2)cnn1-c1ccc(C)cc1. The maximum Gasteiger partial charge on any atom is 0.259 e. The van der Waals surface area contributed by atoms with Gasteiger partial charge in [-0.25, -0.2) is 4.68 Å². The highest BCUT2D eigenvalue weighted by molar-refractivity contribution is 6.05. The summed E-state index contributed by atoms with van der Waals surface area (Å²) in [6.45, 7) is 4.04. The number of rotatable bonds is 6. The van der Waals surface area contributed by atoms with Crippen LogP contribution in [0.25, 0.3) is 5.69 Å². The van der Waals surface area contributed by atoms with Crippen LogP contribution in [0.2, 0.25) is 0 Å². The van der Waals surface area contributed by atoms with Crippen LogP contribution in [-0.4, -0.2) is 40.6 Å². The molecule has 2 amide bonds. The third kappa shape index (κ3) is 4.71. The average molecular weight is 390 g/mol. The Morgan fingerprint density at radius 1 is 1.03 bits per heavy atom. The second kappa shape index (κ2) is 8.73. The lowest BCUT2D eigenvalue weighted by Gasteiger charge is -2.11.